The van der Waals surface area contributed by atoms with E-state index in [-0.39, 0.29) is 35.5 Å². The van der Waals surface area contributed by atoms with E-state index < -0.39 is 23.3 Å². The van der Waals surface area contributed by atoms with Gasteiger partial charge in [-0.25, -0.2) is 13.6 Å². The summed E-state index contributed by atoms with van der Waals surface area (Å²) in [7, 11) is 0. The van der Waals surface area contributed by atoms with Crippen molar-refractivity contribution in [2.24, 2.45) is 0 Å². The van der Waals surface area contributed by atoms with Crippen molar-refractivity contribution >= 4 is 6.09 Å². The van der Waals surface area contributed by atoms with Gasteiger partial charge in [-0.1, -0.05) is 57.4 Å². The minimum Gasteiger partial charge on any atom is -0.509 e. The molecule has 1 amide bonds. The van der Waals surface area contributed by atoms with Crippen LogP contribution in [0.1, 0.15) is 89.3 Å². The standard InChI is InChI=1S/C30H40F2N2O3/c1-20(2)22-10-9-11-23(17-22)30(12-7-6-8-13-30)33-19-27(35)26(34-28(36)37-29(3,4)5)16-21-14-24(31)18-25(32)15-21/h9-11,14-15,17-18,20,33,35H,6-8,12-13,16,19H2,1-5H3,(H,34,36)/b27-26-. The number of halogens is 2. The summed E-state index contributed by atoms with van der Waals surface area (Å²) < 4.78 is 33.0. The summed E-state index contributed by atoms with van der Waals surface area (Å²) in [6, 6.07) is 11.7. The highest BCUT2D eigenvalue weighted by Gasteiger charge is 2.34. The number of rotatable bonds is 8. The van der Waals surface area contributed by atoms with Crippen LogP contribution in [-0.2, 0) is 16.7 Å². The number of aliphatic hydroxyl groups is 1. The lowest BCUT2D eigenvalue weighted by Gasteiger charge is -2.39. The fraction of sp³-hybridized carbons (Fsp3) is 0.500. The number of carbonyl (C=O) groups is 1. The number of hydrogen-bond acceptors (Lipinski definition) is 4. The SMILES string of the molecule is CC(C)c1cccc(C2(NC/C(O)=C(\Cc3cc(F)cc(F)c3)NC(=O)OC(C)(C)C)CCCCC2)c1. The number of nitrogens with one attached hydrogen (secondary N) is 2. The zero-order valence-electron chi connectivity index (χ0n) is 22.6. The first-order valence-electron chi connectivity index (χ1n) is 13.1. The van der Waals surface area contributed by atoms with Crippen LogP contribution < -0.4 is 10.6 Å². The van der Waals surface area contributed by atoms with E-state index in [1.54, 1.807) is 20.8 Å². The number of carbonyl (C=O) groups excluding carboxylic acids is 1. The molecule has 0 bridgehead atoms. The number of aliphatic hydroxyl groups excluding tert-OH is 1. The van der Waals surface area contributed by atoms with Gasteiger partial charge in [0.05, 0.1) is 12.2 Å². The van der Waals surface area contributed by atoms with Crippen LogP contribution in [0.5, 0.6) is 0 Å². The van der Waals surface area contributed by atoms with Crippen LogP contribution >= 0.6 is 0 Å². The molecule has 1 aliphatic rings. The lowest BCUT2D eigenvalue weighted by molar-refractivity contribution is 0.0541. The van der Waals surface area contributed by atoms with E-state index in [4.69, 9.17) is 4.74 Å². The lowest BCUT2D eigenvalue weighted by Crippen LogP contribution is -2.45. The zero-order chi connectivity index (χ0) is 27.2. The van der Waals surface area contributed by atoms with Gasteiger partial charge in [0, 0.05) is 18.0 Å². The Labute approximate surface area is 219 Å². The van der Waals surface area contributed by atoms with Crippen LogP contribution in [-0.4, -0.2) is 23.3 Å². The number of alkyl carbamates (subject to hydrolysis) is 1. The van der Waals surface area contributed by atoms with E-state index in [0.717, 1.165) is 38.2 Å². The predicted molar refractivity (Wildman–Crippen MR) is 142 cm³/mol. The smallest absolute Gasteiger partial charge is 0.412 e. The molecule has 2 aromatic carbocycles. The van der Waals surface area contributed by atoms with Crippen LogP contribution in [0.2, 0.25) is 0 Å². The third kappa shape index (κ3) is 8.29. The van der Waals surface area contributed by atoms with Crippen molar-refractivity contribution in [2.45, 2.75) is 90.2 Å². The molecule has 37 heavy (non-hydrogen) atoms. The van der Waals surface area contributed by atoms with E-state index >= 15 is 0 Å². The van der Waals surface area contributed by atoms with Gasteiger partial charge in [-0.05, 0) is 68.4 Å². The number of amides is 1. The molecular weight excluding hydrogens is 474 g/mol. The maximum atomic E-state index is 13.8. The Bertz CT molecular complexity index is 1100. The van der Waals surface area contributed by atoms with Crippen LogP contribution in [0.3, 0.4) is 0 Å². The fourth-order valence-electron chi connectivity index (χ4n) is 4.84. The Morgan fingerprint density at radius 2 is 1.70 bits per heavy atom. The average Bonchev–Trinajstić information content (AvgIpc) is 2.81. The molecule has 1 fully saturated rings. The number of benzene rings is 2. The minimum absolute atomic E-state index is 0.0722. The second-order valence-corrected chi connectivity index (χ2v) is 11.3. The highest BCUT2D eigenvalue weighted by atomic mass is 19.1. The third-order valence-electron chi connectivity index (χ3n) is 6.71. The van der Waals surface area contributed by atoms with Crippen LogP contribution in [0.15, 0.2) is 53.9 Å². The molecule has 1 saturated carbocycles. The molecule has 2 aromatic rings. The molecule has 0 atom stereocenters. The molecule has 5 nitrogen and oxygen atoms in total. The molecule has 0 spiro atoms. The second-order valence-electron chi connectivity index (χ2n) is 11.3. The van der Waals surface area contributed by atoms with Crippen molar-refractivity contribution in [1.82, 2.24) is 10.6 Å². The predicted octanol–water partition coefficient (Wildman–Crippen LogP) is 7.37. The van der Waals surface area contributed by atoms with Gasteiger partial charge in [-0.15, -0.1) is 0 Å². The number of ether oxygens (including phenoxy) is 1. The third-order valence-corrected chi connectivity index (χ3v) is 6.71. The second kappa shape index (κ2) is 12.1. The zero-order valence-corrected chi connectivity index (χ0v) is 22.6. The molecule has 202 valence electrons. The Balaban J connectivity index is 1.90. The first-order chi connectivity index (χ1) is 17.4. The van der Waals surface area contributed by atoms with Gasteiger partial charge >= 0.3 is 6.09 Å². The summed E-state index contributed by atoms with van der Waals surface area (Å²) in [4.78, 5) is 12.5. The lowest BCUT2D eigenvalue weighted by atomic mass is 9.75. The summed E-state index contributed by atoms with van der Waals surface area (Å²) in [6.45, 7) is 9.61. The summed E-state index contributed by atoms with van der Waals surface area (Å²) in [5.41, 5.74) is 1.78. The monoisotopic (exact) mass is 514 g/mol. The molecule has 0 unspecified atom stereocenters. The fourth-order valence-corrected chi connectivity index (χ4v) is 4.84. The molecule has 0 heterocycles. The van der Waals surface area contributed by atoms with Crippen molar-refractivity contribution in [1.29, 1.82) is 0 Å². The topological polar surface area (TPSA) is 70.6 Å². The van der Waals surface area contributed by atoms with Crippen LogP contribution in [0, 0.1) is 11.6 Å². The number of allylic oxidation sites excluding steroid dienone is 1. The maximum absolute atomic E-state index is 13.8. The minimum atomic E-state index is -0.748. The van der Waals surface area contributed by atoms with E-state index in [0.29, 0.717) is 5.92 Å². The van der Waals surface area contributed by atoms with Crippen molar-refractivity contribution in [2.75, 3.05) is 6.54 Å². The molecule has 0 saturated heterocycles. The average molecular weight is 515 g/mol. The Hall–Kier alpha value is -2.93. The molecular formula is C30H40F2N2O3. The van der Waals surface area contributed by atoms with Crippen molar-refractivity contribution < 1.29 is 23.4 Å². The van der Waals surface area contributed by atoms with Gasteiger partial charge in [0.2, 0.25) is 0 Å². The summed E-state index contributed by atoms with van der Waals surface area (Å²) in [5.74, 6) is -1.17. The molecule has 3 rings (SSSR count). The summed E-state index contributed by atoms with van der Waals surface area (Å²) >= 11 is 0. The Morgan fingerprint density at radius 1 is 1.05 bits per heavy atom. The molecule has 1 aliphatic carbocycles. The van der Waals surface area contributed by atoms with Crippen LogP contribution in [0.4, 0.5) is 13.6 Å². The van der Waals surface area contributed by atoms with Gasteiger partial charge < -0.3 is 15.2 Å². The number of hydrogen-bond donors (Lipinski definition) is 3. The van der Waals surface area contributed by atoms with Crippen molar-refractivity contribution in [3.05, 3.63) is 82.2 Å². The molecule has 3 N–H and O–H groups in total. The quantitative estimate of drug-likeness (QED) is 0.322. The molecule has 7 heteroatoms. The van der Waals surface area contributed by atoms with Gasteiger partial charge in [0.1, 0.15) is 23.0 Å². The normalized spacial score (nSPS) is 16.3. The first kappa shape index (κ1) is 28.6. The van der Waals surface area contributed by atoms with Gasteiger partial charge in [-0.2, -0.15) is 0 Å². The van der Waals surface area contributed by atoms with E-state index in [1.807, 2.05) is 0 Å². The highest BCUT2D eigenvalue weighted by Crippen LogP contribution is 2.38. The van der Waals surface area contributed by atoms with Crippen LogP contribution in [0.25, 0.3) is 0 Å². The van der Waals surface area contributed by atoms with Gasteiger partial charge in [0.15, 0.2) is 0 Å². The van der Waals surface area contributed by atoms with E-state index in [2.05, 4.69) is 48.7 Å². The Morgan fingerprint density at radius 3 is 2.30 bits per heavy atom. The van der Waals surface area contributed by atoms with Gasteiger partial charge in [0.25, 0.3) is 0 Å². The highest BCUT2D eigenvalue weighted by molar-refractivity contribution is 5.70. The summed E-state index contributed by atoms with van der Waals surface area (Å²) in [6.07, 6.45) is 4.31. The Kier molecular flexibility index (Phi) is 9.35. The van der Waals surface area contributed by atoms with E-state index in [1.165, 1.54) is 23.3 Å². The maximum Gasteiger partial charge on any atom is 0.412 e. The summed E-state index contributed by atoms with van der Waals surface area (Å²) in [5, 5.41) is 17.3. The van der Waals surface area contributed by atoms with Crippen molar-refractivity contribution in [3.63, 3.8) is 0 Å². The molecule has 0 radical (unpaired) electrons. The van der Waals surface area contributed by atoms with Gasteiger partial charge in [-0.3, -0.25) is 5.32 Å². The molecule has 0 aromatic heterocycles. The largest absolute Gasteiger partial charge is 0.509 e. The van der Waals surface area contributed by atoms with Crippen molar-refractivity contribution in [3.8, 4) is 0 Å². The molecule has 0 aliphatic heterocycles. The van der Waals surface area contributed by atoms with E-state index in [9.17, 15) is 18.7 Å². The first-order valence-corrected chi connectivity index (χ1v) is 13.1.